The van der Waals surface area contributed by atoms with E-state index < -0.39 is 4.92 Å². The minimum Gasteiger partial charge on any atom is -0.352 e. The van der Waals surface area contributed by atoms with Crippen molar-refractivity contribution in [1.29, 1.82) is 0 Å². The van der Waals surface area contributed by atoms with Crippen molar-refractivity contribution in [2.24, 2.45) is 0 Å². The fourth-order valence-corrected chi connectivity index (χ4v) is 2.23. The van der Waals surface area contributed by atoms with Crippen molar-refractivity contribution in [3.8, 4) is 0 Å². The molecule has 0 radical (unpaired) electrons. The third kappa shape index (κ3) is 3.49. The summed E-state index contributed by atoms with van der Waals surface area (Å²) in [4.78, 5) is 22.5. The van der Waals surface area contributed by atoms with Crippen LogP contribution in [0.3, 0.4) is 0 Å². The van der Waals surface area contributed by atoms with E-state index in [1.54, 1.807) is 19.2 Å². The van der Waals surface area contributed by atoms with Crippen LogP contribution in [0.2, 0.25) is 0 Å². The lowest BCUT2D eigenvalue weighted by molar-refractivity contribution is -0.385. The predicted molar refractivity (Wildman–Crippen MR) is 81.7 cm³/mol. The van der Waals surface area contributed by atoms with Crippen LogP contribution >= 0.6 is 0 Å². The summed E-state index contributed by atoms with van der Waals surface area (Å²) >= 11 is 0. The van der Waals surface area contributed by atoms with Crippen molar-refractivity contribution >= 4 is 11.6 Å². The van der Waals surface area contributed by atoms with Gasteiger partial charge < -0.3 is 5.32 Å². The maximum atomic E-state index is 12.1. The largest absolute Gasteiger partial charge is 0.352 e. The summed E-state index contributed by atoms with van der Waals surface area (Å²) in [5.41, 5.74) is 1.75. The predicted octanol–water partition coefficient (Wildman–Crippen LogP) is 2.23. The zero-order valence-electron chi connectivity index (χ0n) is 12.6. The topological polar surface area (TPSA) is 90.1 Å². The van der Waals surface area contributed by atoms with Crippen molar-refractivity contribution in [2.75, 3.05) is 6.54 Å². The standard InChI is InChI=1S/C15H18N4O3/c1-11-7-9-17-18(11)10-4-8-16-15(20)13-5-3-6-14(12(13)2)19(21)22/h3,5-7,9H,4,8,10H2,1-2H3,(H,16,20). The smallest absolute Gasteiger partial charge is 0.273 e. The first-order chi connectivity index (χ1) is 10.5. The molecular weight excluding hydrogens is 284 g/mol. The molecule has 1 aromatic carbocycles. The van der Waals surface area contributed by atoms with E-state index in [2.05, 4.69) is 10.4 Å². The van der Waals surface area contributed by atoms with Gasteiger partial charge in [-0.15, -0.1) is 0 Å². The molecule has 0 aliphatic carbocycles. The van der Waals surface area contributed by atoms with E-state index in [1.807, 2.05) is 17.7 Å². The number of carbonyl (C=O) groups excluding carboxylic acids is 1. The minimum atomic E-state index is -0.480. The van der Waals surface area contributed by atoms with E-state index in [0.717, 1.165) is 12.1 Å². The number of hydrogen-bond acceptors (Lipinski definition) is 4. The third-order valence-electron chi connectivity index (χ3n) is 3.51. The maximum Gasteiger partial charge on any atom is 0.273 e. The van der Waals surface area contributed by atoms with E-state index in [9.17, 15) is 14.9 Å². The normalized spacial score (nSPS) is 10.5. The summed E-state index contributed by atoms with van der Waals surface area (Å²) in [6, 6.07) is 6.43. The molecule has 0 unspecified atom stereocenters. The Kier molecular flexibility index (Phi) is 4.88. The van der Waals surface area contributed by atoms with Gasteiger partial charge in [0, 0.05) is 42.2 Å². The molecule has 2 aromatic rings. The average molecular weight is 302 g/mol. The number of hydrogen-bond donors (Lipinski definition) is 1. The van der Waals surface area contributed by atoms with E-state index >= 15 is 0 Å². The first-order valence-corrected chi connectivity index (χ1v) is 7.01. The Hall–Kier alpha value is -2.70. The number of amides is 1. The number of aromatic nitrogens is 2. The second-order valence-electron chi connectivity index (χ2n) is 5.01. The summed E-state index contributed by atoms with van der Waals surface area (Å²) in [5, 5.41) is 17.8. The van der Waals surface area contributed by atoms with Crippen molar-refractivity contribution in [3.05, 3.63) is 57.4 Å². The van der Waals surface area contributed by atoms with Gasteiger partial charge in [0.1, 0.15) is 0 Å². The third-order valence-corrected chi connectivity index (χ3v) is 3.51. The SMILES string of the molecule is Cc1c(C(=O)NCCCn2nccc2C)cccc1[N+](=O)[O-]. The molecule has 7 heteroatoms. The summed E-state index contributed by atoms with van der Waals surface area (Å²) in [6.45, 7) is 4.76. The average Bonchev–Trinajstić information content (AvgIpc) is 2.88. The van der Waals surface area contributed by atoms with Crippen molar-refractivity contribution in [1.82, 2.24) is 15.1 Å². The zero-order chi connectivity index (χ0) is 16.1. The number of nitro benzene ring substituents is 1. The summed E-state index contributed by atoms with van der Waals surface area (Å²) in [6.07, 6.45) is 2.47. The first-order valence-electron chi connectivity index (χ1n) is 7.01. The molecule has 1 N–H and O–H groups in total. The summed E-state index contributed by atoms with van der Waals surface area (Å²) in [5.74, 6) is -0.293. The van der Waals surface area contributed by atoms with Crippen molar-refractivity contribution < 1.29 is 9.72 Å². The number of benzene rings is 1. The Labute approximate surface area is 128 Å². The molecule has 22 heavy (non-hydrogen) atoms. The van der Waals surface area contributed by atoms with Crippen LogP contribution in [0.4, 0.5) is 5.69 Å². The summed E-state index contributed by atoms with van der Waals surface area (Å²) < 4.78 is 1.87. The second-order valence-corrected chi connectivity index (χ2v) is 5.01. The molecule has 0 spiro atoms. The van der Waals surface area contributed by atoms with Crippen molar-refractivity contribution in [3.63, 3.8) is 0 Å². The highest BCUT2D eigenvalue weighted by atomic mass is 16.6. The fourth-order valence-electron chi connectivity index (χ4n) is 2.23. The number of rotatable bonds is 6. The molecule has 7 nitrogen and oxygen atoms in total. The Bertz CT molecular complexity index is 694. The highest BCUT2D eigenvalue weighted by Crippen LogP contribution is 2.20. The van der Waals surface area contributed by atoms with Gasteiger partial charge in [0.05, 0.1) is 4.92 Å². The van der Waals surface area contributed by atoms with E-state index in [0.29, 0.717) is 24.2 Å². The van der Waals surface area contributed by atoms with Gasteiger partial charge in [0.25, 0.3) is 11.6 Å². The van der Waals surface area contributed by atoms with E-state index in [-0.39, 0.29) is 11.6 Å². The van der Waals surface area contributed by atoms with Crippen LogP contribution in [0.5, 0.6) is 0 Å². The number of nitrogens with one attached hydrogen (secondary N) is 1. The molecule has 0 bridgehead atoms. The van der Waals surface area contributed by atoms with Crippen LogP contribution in [0.1, 0.15) is 28.0 Å². The van der Waals surface area contributed by atoms with Crippen LogP contribution in [0.25, 0.3) is 0 Å². The monoisotopic (exact) mass is 302 g/mol. The van der Waals surface area contributed by atoms with Crippen LogP contribution < -0.4 is 5.32 Å². The van der Waals surface area contributed by atoms with Crippen LogP contribution in [0, 0.1) is 24.0 Å². The molecule has 0 saturated heterocycles. The van der Waals surface area contributed by atoms with Gasteiger partial charge in [-0.3, -0.25) is 19.6 Å². The Balaban J connectivity index is 1.91. The van der Waals surface area contributed by atoms with Gasteiger partial charge in [-0.2, -0.15) is 5.10 Å². The van der Waals surface area contributed by atoms with Gasteiger partial charge in [0.2, 0.25) is 0 Å². The summed E-state index contributed by atoms with van der Waals surface area (Å²) in [7, 11) is 0. The van der Waals surface area contributed by atoms with Crippen LogP contribution in [-0.2, 0) is 6.54 Å². The highest BCUT2D eigenvalue weighted by Gasteiger charge is 2.17. The Morgan fingerprint density at radius 3 is 2.77 bits per heavy atom. The van der Waals surface area contributed by atoms with Gasteiger partial charge in [-0.05, 0) is 32.4 Å². The van der Waals surface area contributed by atoms with E-state index in [4.69, 9.17) is 0 Å². The van der Waals surface area contributed by atoms with E-state index in [1.165, 1.54) is 12.1 Å². The van der Waals surface area contributed by atoms with Gasteiger partial charge in [-0.1, -0.05) is 6.07 Å². The Morgan fingerprint density at radius 1 is 1.36 bits per heavy atom. The molecule has 0 fully saturated rings. The molecule has 2 rings (SSSR count). The maximum absolute atomic E-state index is 12.1. The van der Waals surface area contributed by atoms with Gasteiger partial charge >= 0.3 is 0 Å². The number of nitro groups is 1. The molecule has 0 atom stereocenters. The quantitative estimate of drug-likeness (QED) is 0.503. The molecule has 1 aromatic heterocycles. The molecular formula is C15H18N4O3. The number of nitrogens with zero attached hydrogens (tertiary/aromatic N) is 3. The molecule has 1 amide bonds. The fraction of sp³-hybridized carbons (Fsp3) is 0.333. The number of aryl methyl sites for hydroxylation is 2. The van der Waals surface area contributed by atoms with Crippen LogP contribution in [-0.4, -0.2) is 27.2 Å². The zero-order valence-corrected chi connectivity index (χ0v) is 12.6. The first kappa shape index (κ1) is 15.7. The lowest BCUT2D eigenvalue weighted by Crippen LogP contribution is -2.26. The minimum absolute atomic E-state index is 0.0418. The highest BCUT2D eigenvalue weighted by molar-refractivity contribution is 5.96. The molecule has 0 aliphatic rings. The van der Waals surface area contributed by atoms with Gasteiger partial charge in [-0.25, -0.2) is 0 Å². The van der Waals surface area contributed by atoms with Gasteiger partial charge in [0.15, 0.2) is 0 Å². The van der Waals surface area contributed by atoms with Crippen LogP contribution in [0.15, 0.2) is 30.5 Å². The molecule has 1 heterocycles. The molecule has 0 aliphatic heterocycles. The van der Waals surface area contributed by atoms with Crippen molar-refractivity contribution in [2.45, 2.75) is 26.8 Å². The lowest BCUT2D eigenvalue weighted by atomic mass is 10.1. The Morgan fingerprint density at radius 2 is 2.14 bits per heavy atom. The number of carbonyl (C=O) groups is 1. The second kappa shape index (κ2) is 6.84. The molecule has 116 valence electrons. The lowest BCUT2D eigenvalue weighted by Gasteiger charge is -2.08. The molecule has 0 saturated carbocycles.